The first-order valence-corrected chi connectivity index (χ1v) is 17.0. The van der Waals surface area contributed by atoms with Gasteiger partial charge < -0.3 is 9.32 Å². The SMILES string of the molecule is CC1(C)c2ccccc2-c2ccc(N(c3ccc(-c4ccc5ccccc5c4)cc3)c3cc4oc5ccccc5c4c4ccccc34)cc21. The van der Waals surface area contributed by atoms with Crippen LogP contribution < -0.4 is 4.90 Å². The van der Waals surface area contributed by atoms with E-state index in [1.807, 2.05) is 6.07 Å². The smallest absolute Gasteiger partial charge is 0.138 e. The molecule has 2 heteroatoms. The van der Waals surface area contributed by atoms with Crippen LogP contribution in [0.1, 0.15) is 25.0 Å². The Kier molecular flexibility index (Phi) is 5.95. The lowest BCUT2D eigenvalue weighted by molar-refractivity contribution is 0.660. The van der Waals surface area contributed by atoms with Gasteiger partial charge in [-0.15, -0.1) is 0 Å². The minimum absolute atomic E-state index is 0.113. The number of hydrogen-bond acceptors (Lipinski definition) is 2. The Labute approximate surface area is 285 Å². The molecule has 0 saturated heterocycles. The van der Waals surface area contributed by atoms with Crippen molar-refractivity contribution in [3.8, 4) is 22.3 Å². The molecule has 0 N–H and O–H groups in total. The Morgan fingerprint density at radius 3 is 1.96 bits per heavy atom. The molecule has 9 aromatic rings. The summed E-state index contributed by atoms with van der Waals surface area (Å²) in [5.74, 6) is 0. The number of fused-ring (bicyclic) bond motifs is 9. The molecule has 0 unspecified atom stereocenters. The molecule has 232 valence electrons. The first-order valence-electron chi connectivity index (χ1n) is 17.0. The van der Waals surface area contributed by atoms with Crippen LogP contribution in [0.5, 0.6) is 0 Å². The summed E-state index contributed by atoms with van der Waals surface area (Å²) in [4.78, 5) is 2.42. The van der Waals surface area contributed by atoms with E-state index in [2.05, 4.69) is 176 Å². The fraction of sp³-hybridized carbons (Fsp3) is 0.0638. The largest absolute Gasteiger partial charge is 0.456 e. The fourth-order valence-corrected chi connectivity index (χ4v) is 8.19. The van der Waals surface area contributed by atoms with Crippen LogP contribution in [-0.2, 0) is 5.41 Å². The van der Waals surface area contributed by atoms with E-state index in [1.165, 1.54) is 54.9 Å². The molecule has 1 aliphatic rings. The van der Waals surface area contributed by atoms with Gasteiger partial charge in [0.15, 0.2) is 0 Å². The maximum atomic E-state index is 6.56. The van der Waals surface area contributed by atoms with E-state index < -0.39 is 0 Å². The molecular weight excluding hydrogens is 595 g/mol. The second-order valence-corrected chi connectivity index (χ2v) is 13.8. The van der Waals surface area contributed by atoms with Crippen LogP contribution in [-0.4, -0.2) is 0 Å². The molecule has 0 atom stereocenters. The van der Waals surface area contributed by atoms with Crippen molar-refractivity contribution in [3.63, 3.8) is 0 Å². The van der Waals surface area contributed by atoms with Crippen LogP contribution in [0.4, 0.5) is 17.1 Å². The maximum absolute atomic E-state index is 6.56. The van der Waals surface area contributed by atoms with Gasteiger partial charge in [-0.25, -0.2) is 0 Å². The predicted octanol–water partition coefficient (Wildman–Crippen LogP) is 13.3. The molecule has 1 aliphatic carbocycles. The first-order chi connectivity index (χ1) is 24.0. The average Bonchev–Trinajstić information content (AvgIpc) is 3.64. The molecule has 0 aliphatic heterocycles. The van der Waals surface area contributed by atoms with E-state index in [1.54, 1.807) is 0 Å². The van der Waals surface area contributed by atoms with Crippen molar-refractivity contribution >= 4 is 60.5 Å². The molecular formula is C47H33NO. The van der Waals surface area contributed by atoms with Crippen molar-refractivity contribution in [1.29, 1.82) is 0 Å². The summed E-state index contributed by atoms with van der Waals surface area (Å²) in [7, 11) is 0. The van der Waals surface area contributed by atoms with Crippen molar-refractivity contribution < 1.29 is 4.42 Å². The van der Waals surface area contributed by atoms with Gasteiger partial charge in [0.1, 0.15) is 11.2 Å². The molecule has 0 bridgehead atoms. The topological polar surface area (TPSA) is 16.4 Å². The number of anilines is 3. The Balaban J connectivity index is 1.20. The molecule has 0 fully saturated rings. The van der Waals surface area contributed by atoms with Crippen LogP contribution >= 0.6 is 0 Å². The van der Waals surface area contributed by atoms with Crippen molar-refractivity contribution in [3.05, 3.63) is 175 Å². The minimum atomic E-state index is -0.113. The first kappa shape index (κ1) is 27.9. The number of furan rings is 1. The van der Waals surface area contributed by atoms with E-state index in [9.17, 15) is 0 Å². The normalized spacial score (nSPS) is 13.3. The van der Waals surface area contributed by atoms with Crippen LogP contribution in [0.15, 0.2) is 168 Å². The highest BCUT2D eigenvalue weighted by atomic mass is 16.3. The van der Waals surface area contributed by atoms with E-state index in [4.69, 9.17) is 4.42 Å². The zero-order valence-electron chi connectivity index (χ0n) is 27.4. The molecule has 49 heavy (non-hydrogen) atoms. The quantitative estimate of drug-likeness (QED) is 0.193. The zero-order chi connectivity index (χ0) is 32.7. The van der Waals surface area contributed by atoms with Crippen molar-refractivity contribution in [2.45, 2.75) is 19.3 Å². The third kappa shape index (κ3) is 4.20. The summed E-state index contributed by atoms with van der Waals surface area (Å²) >= 11 is 0. The average molecular weight is 628 g/mol. The highest BCUT2D eigenvalue weighted by Crippen LogP contribution is 2.51. The standard InChI is InChI=1S/C47H33NO/c1-47(2)41-17-9-7-13-36(41)37-26-25-35(28-42(37)47)48(34-23-21-31(22-24-34)33-20-19-30-11-3-4-12-32(30)27-33)43-29-45-46(39-15-6-5-14-38(39)43)40-16-8-10-18-44(40)49-45/h3-29H,1-2H3. The lowest BCUT2D eigenvalue weighted by Crippen LogP contribution is -2.16. The van der Waals surface area contributed by atoms with Crippen molar-refractivity contribution in [2.24, 2.45) is 0 Å². The summed E-state index contributed by atoms with van der Waals surface area (Å²) < 4.78 is 6.56. The van der Waals surface area contributed by atoms with E-state index in [0.29, 0.717) is 0 Å². The van der Waals surface area contributed by atoms with Gasteiger partial charge in [0.25, 0.3) is 0 Å². The van der Waals surface area contributed by atoms with Crippen LogP contribution in [0, 0.1) is 0 Å². The second-order valence-electron chi connectivity index (χ2n) is 13.8. The zero-order valence-corrected chi connectivity index (χ0v) is 27.4. The highest BCUT2D eigenvalue weighted by molar-refractivity contribution is 6.22. The van der Waals surface area contributed by atoms with E-state index in [-0.39, 0.29) is 5.41 Å². The summed E-state index contributed by atoms with van der Waals surface area (Å²) in [6.07, 6.45) is 0. The van der Waals surface area contributed by atoms with Crippen LogP contribution in [0.2, 0.25) is 0 Å². The van der Waals surface area contributed by atoms with Crippen molar-refractivity contribution in [1.82, 2.24) is 0 Å². The van der Waals surface area contributed by atoms with Crippen LogP contribution in [0.3, 0.4) is 0 Å². The molecule has 0 saturated carbocycles. The Bertz CT molecular complexity index is 2750. The highest BCUT2D eigenvalue weighted by Gasteiger charge is 2.36. The molecule has 0 spiro atoms. The molecule has 2 nitrogen and oxygen atoms in total. The van der Waals surface area contributed by atoms with Gasteiger partial charge in [-0.1, -0.05) is 135 Å². The Morgan fingerprint density at radius 2 is 1.10 bits per heavy atom. The molecule has 1 aromatic heterocycles. The number of hydrogen-bond donors (Lipinski definition) is 0. The number of benzene rings is 8. The second kappa shape index (κ2) is 10.4. The molecule has 0 amide bonds. The summed E-state index contributed by atoms with van der Waals surface area (Å²) in [5, 5.41) is 7.17. The fourth-order valence-electron chi connectivity index (χ4n) is 8.19. The monoisotopic (exact) mass is 627 g/mol. The number of nitrogens with zero attached hydrogens (tertiary/aromatic N) is 1. The van der Waals surface area contributed by atoms with Gasteiger partial charge in [0.2, 0.25) is 0 Å². The molecule has 0 radical (unpaired) electrons. The summed E-state index contributed by atoms with van der Waals surface area (Å²) in [5.41, 5.74) is 12.8. The lowest BCUT2D eigenvalue weighted by Gasteiger charge is -2.29. The van der Waals surface area contributed by atoms with Gasteiger partial charge in [-0.2, -0.15) is 0 Å². The van der Waals surface area contributed by atoms with Gasteiger partial charge >= 0.3 is 0 Å². The molecule has 10 rings (SSSR count). The van der Waals surface area contributed by atoms with E-state index >= 15 is 0 Å². The van der Waals surface area contributed by atoms with Gasteiger partial charge in [-0.3, -0.25) is 0 Å². The Hall–Kier alpha value is -6.12. The molecule has 8 aromatic carbocycles. The number of rotatable bonds is 4. The van der Waals surface area contributed by atoms with Gasteiger partial charge in [0.05, 0.1) is 5.69 Å². The van der Waals surface area contributed by atoms with Crippen molar-refractivity contribution in [2.75, 3.05) is 4.90 Å². The van der Waals surface area contributed by atoms with Crippen LogP contribution in [0.25, 0.3) is 65.7 Å². The third-order valence-corrected chi connectivity index (χ3v) is 10.6. The predicted molar refractivity (Wildman–Crippen MR) is 206 cm³/mol. The minimum Gasteiger partial charge on any atom is -0.456 e. The summed E-state index contributed by atoms with van der Waals surface area (Å²) in [6.45, 7) is 4.69. The summed E-state index contributed by atoms with van der Waals surface area (Å²) in [6, 6.07) is 59.5. The molecule has 1 heterocycles. The van der Waals surface area contributed by atoms with E-state index in [0.717, 1.165) is 39.0 Å². The Morgan fingerprint density at radius 1 is 0.449 bits per heavy atom. The van der Waals surface area contributed by atoms with Gasteiger partial charge in [-0.05, 0) is 85.9 Å². The van der Waals surface area contributed by atoms with Gasteiger partial charge in [0, 0.05) is 39.0 Å². The lowest BCUT2D eigenvalue weighted by atomic mass is 9.82. The number of para-hydroxylation sites is 1. The third-order valence-electron chi connectivity index (χ3n) is 10.6. The maximum Gasteiger partial charge on any atom is 0.138 e.